The van der Waals surface area contributed by atoms with E-state index in [1.807, 2.05) is 0 Å². The third-order valence-electron chi connectivity index (χ3n) is 2.85. The summed E-state index contributed by atoms with van der Waals surface area (Å²) in [5, 5.41) is 12.6. The van der Waals surface area contributed by atoms with Crippen molar-refractivity contribution in [3.05, 3.63) is 54.4 Å². The lowest BCUT2D eigenvalue weighted by atomic mass is 10.1. The summed E-state index contributed by atoms with van der Waals surface area (Å²) in [6.07, 6.45) is 0. The fourth-order valence-electron chi connectivity index (χ4n) is 1.80. The molecule has 1 heterocycles. The van der Waals surface area contributed by atoms with Gasteiger partial charge < -0.3 is 4.74 Å². The summed E-state index contributed by atoms with van der Waals surface area (Å²) < 4.78 is 19.7. The highest BCUT2D eigenvalue weighted by atomic mass is 32.1. The molecule has 2 rings (SSSR count). The van der Waals surface area contributed by atoms with Crippen molar-refractivity contribution in [1.29, 1.82) is 0 Å². The molecule has 1 aromatic heterocycles. The van der Waals surface area contributed by atoms with Gasteiger partial charge in [-0.25, -0.2) is 4.39 Å². The highest BCUT2D eigenvalue weighted by molar-refractivity contribution is 7.07. The van der Waals surface area contributed by atoms with Crippen LogP contribution in [0.1, 0.15) is 11.3 Å². The van der Waals surface area contributed by atoms with Crippen molar-refractivity contribution >= 4 is 17.0 Å². The van der Waals surface area contributed by atoms with Crippen LogP contribution in [-0.2, 0) is 6.54 Å². The molecule has 0 saturated carbocycles. The second-order valence-corrected chi connectivity index (χ2v) is 4.92. The van der Waals surface area contributed by atoms with Gasteiger partial charge in [0.2, 0.25) is 0 Å². The normalized spacial score (nSPS) is 10.6. The van der Waals surface area contributed by atoms with Crippen molar-refractivity contribution in [3.63, 3.8) is 0 Å². The Kier molecular flexibility index (Phi) is 3.84. The van der Waals surface area contributed by atoms with Gasteiger partial charge in [-0.3, -0.25) is 19.5 Å². The maximum absolute atomic E-state index is 13.5. The zero-order valence-corrected chi connectivity index (χ0v) is 11.6. The van der Waals surface area contributed by atoms with E-state index in [-0.39, 0.29) is 28.4 Å². The van der Waals surface area contributed by atoms with Crippen molar-refractivity contribution in [2.24, 2.45) is 0 Å². The number of aryl methyl sites for hydroxylation is 1. The predicted octanol–water partition coefficient (Wildman–Crippen LogP) is 2.32. The smallest absolute Gasteiger partial charge is 0.307 e. The number of benzene rings is 1. The summed E-state index contributed by atoms with van der Waals surface area (Å²) in [4.78, 5) is 21.7. The highest BCUT2D eigenvalue weighted by Gasteiger charge is 2.20. The van der Waals surface area contributed by atoms with E-state index >= 15 is 0 Å². The maximum Gasteiger partial charge on any atom is 0.307 e. The first-order valence-corrected chi connectivity index (χ1v) is 6.47. The molecule has 2 aromatic rings. The standard InChI is InChI=1S/C12H11FN2O4S/c1-7-6-20-12(16)14(7)5-8-3-11(19-2)9(13)4-10(8)15(17)18/h3-4,6H,5H2,1-2H3. The third kappa shape index (κ3) is 2.55. The van der Waals surface area contributed by atoms with Gasteiger partial charge in [0.25, 0.3) is 5.69 Å². The lowest BCUT2D eigenvalue weighted by molar-refractivity contribution is -0.385. The van der Waals surface area contributed by atoms with Crippen LogP contribution in [0.25, 0.3) is 0 Å². The Hall–Kier alpha value is -2.22. The van der Waals surface area contributed by atoms with Gasteiger partial charge in [0.1, 0.15) is 0 Å². The van der Waals surface area contributed by atoms with E-state index in [2.05, 4.69) is 0 Å². The molecule has 0 saturated heterocycles. The van der Waals surface area contributed by atoms with Crippen LogP contribution in [0.15, 0.2) is 22.3 Å². The Morgan fingerprint density at radius 2 is 2.20 bits per heavy atom. The second kappa shape index (κ2) is 5.41. The topological polar surface area (TPSA) is 74.4 Å². The van der Waals surface area contributed by atoms with Crippen LogP contribution >= 0.6 is 11.3 Å². The fraction of sp³-hybridized carbons (Fsp3) is 0.250. The van der Waals surface area contributed by atoms with E-state index in [1.165, 1.54) is 17.7 Å². The lowest BCUT2D eigenvalue weighted by Crippen LogP contribution is -2.16. The quantitative estimate of drug-likeness (QED) is 0.641. The third-order valence-corrected chi connectivity index (χ3v) is 3.74. The van der Waals surface area contributed by atoms with Crippen LogP contribution in [-0.4, -0.2) is 16.6 Å². The molecule has 0 aliphatic rings. The lowest BCUT2D eigenvalue weighted by Gasteiger charge is -2.08. The molecule has 0 radical (unpaired) electrons. The summed E-state index contributed by atoms with van der Waals surface area (Å²) in [5.74, 6) is -0.899. The van der Waals surface area contributed by atoms with Gasteiger partial charge in [0.05, 0.1) is 30.2 Å². The summed E-state index contributed by atoms with van der Waals surface area (Å²) in [6.45, 7) is 1.73. The van der Waals surface area contributed by atoms with E-state index in [9.17, 15) is 19.3 Å². The zero-order chi connectivity index (χ0) is 14.9. The molecule has 0 amide bonds. The molecule has 0 aliphatic carbocycles. The van der Waals surface area contributed by atoms with Crippen LogP contribution in [0.5, 0.6) is 5.75 Å². The van der Waals surface area contributed by atoms with E-state index in [0.717, 1.165) is 17.4 Å². The maximum atomic E-state index is 13.5. The first kappa shape index (κ1) is 14.2. The van der Waals surface area contributed by atoms with Gasteiger partial charge in [0.15, 0.2) is 11.6 Å². The van der Waals surface area contributed by atoms with E-state index < -0.39 is 10.7 Å². The van der Waals surface area contributed by atoms with Gasteiger partial charge in [-0.2, -0.15) is 0 Å². The van der Waals surface area contributed by atoms with Crippen LogP contribution in [0, 0.1) is 22.9 Å². The molecule has 20 heavy (non-hydrogen) atoms. The van der Waals surface area contributed by atoms with Crippen molar-refractivity contribution in [2.45, 2.75) is 13.5 Å². The predicted molar refractivity (Wildman–Crippen MR) is 72.0 cm³/mol. The number of rotatable bonds is 4. The van der Waals surface area contributed by atoms with Crippen molar-refractivity contribution in [3.8, 4) is 5.75 Å². The number of ether oxygens (including phenoxy) is 1. The van der Waals surface area contributed by atoms with Crippen molar-refractivity contribution in [1.82, 2.24) is 4.57 Å². The van der Waals surface area contributed by atoms with Crippen LogP contribution in [0.3, 0.4) is 0 Å². The molecule has 8 heteroatoms. The number of aromatic nitrogens is 1. The monoisotopic (exact) mass is 298 g/mol. The largest absolute Gasteiger partial charge is 0.494 e. The molecule has 0 aliphatic heterocycles. The summed E-state index contributed by atoms with van der Waals surface area (Å²) in [6, 6.07) is 2.05. The van der Waals surface area contributed by atoms with Crippen LogP contribution < -0.4 is 9.61 Å². The van der Waals surface area contributed by atoms with Gasteiger partial charge >= 0.3 is 4.87 Å². The molecule has 0 fully saturated rings. The number of methoxy groups -OCH3 is 1. The number of thiazole rings is 1. The molecule has 6 nitrogen and oxygen atoms in total. The minimum Gasteiger partial charge on any atom is -0.494 e. The first-order valence-electron chi connectivity index (χ1n) is 5.59. The average Bonchev–Trinajstić information content (AvgIpc) is 2.71. The minimum atomic E-state index is -0.808. The van der Waals surface area contributed by atoms with Gasteiger partial charge in [0, 0.05) is 11.1 Å². The van der Waals surface area contributed by atoms with E-state index in [0.29, 0.717) is 5.69 Å². The Morgan fingerprint density at radius 3 is 2.70 bits per heavy atom. The van der Waals surface area contributed by atoms with Crippen molar-refractivity contribution < 1.29 is 14.1 Å². The zero-order valence-electron chi connectivity index (χ0n) is 10.8. The number of nitro benzene ring substituents is 1. The molecular weight excluding hydrogens is 287 g/mol. The van der Waals surface area contributed by atoms with Crippen LogP contribution in [0.4, 0.5) is 10.1 Å². The molecule has 106 valence electrons. The second-order valence-electron chi connectivity index (χ2n) is 4.10. The number of nitrogens with zero attached hydrogens (tertiary/aromatic N) is 2. The summed E-state index contributed by atoms with van der Waals surface area (Å²) in [5.41, 5.74) is 0.537. The molecule has 0 atom stereocenters. The molecule has 1 aromatic carbocycles. The summed E-state index contributed by atoms with van der Waals surface area (Å²) >= 11 is 1.01. The highest BCUT2D eigenvalue weighted by Crippen LogP contribution is 2.28. The molecule has 0 spiro atoms. The first-order chi connectivity index (χ1) is 9.43. The Morgan fingerprint density at radius 1 is 1.50 bits per heavy atom. The van der Waals surface area contributed by atoms with Gasteiger partial charge in [-0.1, -0.05) is 11.3 Å². The fourth-order valence-corrected chi connectivity index (χ4v) is 2.54. The minimum absolute atomic E-state index is 0.00111. The Balaban J connectivity index is 2.55. The molecule has 0 N–H and O–H groups in total. The van der Waals surface area contributed by atoms with E-state index in [4.69, 9.17) is 4.74 Å². The summed E-state index contributed by atoms with van der Waals surface area (Å²) in [7, 11) is 1.27. The number of hydrogen-bond donors (Lipinski definition) is 0. The number of halogens is 1. The molecular formula is C12H11FN2O4S. The Labute approximate surface area is 117 Å². The SMILES string of the molecule is COc1cc(Cn2c(C)csc2=O)c([N+](=O)[O-])cc1F. The average molecular weight is 298 g/mol. The van der Waals surface area contributed by atoms with Crippen molar-refractivity contribution in [2.75, 3.05) is 7.11 Å². The molecule has 0 unspecified atom stereocenters. The Bertz CT molecular complexity index is 723. The van der Waals surface area contributed by atoms with Crippen LogP contribution in [0.2, 0.25) is 0 Å². The van der Waals surface area contributed by atoms with E-state index in [1.54, 1.807) is 12.3 Å². The van der Waals surface area contributed by atoms with Gasteiger partial charge in [-0.15, -0.1) is 0 Å². The molecule has 0 bridgehead atoms. The number of hydrogen-bond acceptors (Lipinski definition) is 5. The van der Waals surface area contributed by atoms with Gasteiger partial charge in [-0.05, 0) is 13.0 Å². The number of nitro groups is 1.